The van der Waals surface area contributed by atoms with Crippen molar-refractivity contribution in [3.05, 3.63) is 34.9 Å². The van der Waals surface area contributed by atoms with Crippen molar-refractivity contribution in [2.75, 3.05) is 0 Å². The van der Waals surface area contributed by atoms with Gasteiger partial charge in [-0.25, -0.2) is 0 Å². The Morgan fingerprint density at radius 3 is 2.19 bits per heavy atom. The van der Waals surface area contributed by atoms with Gasteiger partial charge < -0.3 is 0 Å². The highest BCUT2D eigenvalue weighted by Gasteiger charge is 2.18. The van der Waals surface area contributed by atoms with Crippen molar-refractivity contribution < 1.29 is 4.79 Å². The molecule has 2 rings (SSSR count). The second-order valence-corrected chi connectivity index (χ2v) is 5.77. The molecule has 0 saturated carbocycles. The van der Waals surface area contributed by atoms with Gasteiger partial charge in [-0.2, -0.15) is 0 Å². The van der Waals surface area contributed by atoms with Crippen LogP contribution in [0.5, 0.6) is 0 Å². The summed E-state index contributed by atoms with van der Waals surface area (Å²) in [6, 6.07) is 6.73. The zero-order valence-electron chi connectivity index (χ0n) is 10.5. The molecule has 1 nitrogen and oxygen atoms in total. The van der Waals surface area contributed by atoms with Crippen molar-refractivity contribution in [3.8, 4) is 0 Å². The van der Waals surface area contributed by atoms with Crippen LogP contribution < -0.4 is 0 Å². The molecule has 1 aliphatic rings. The zero-order valence-corrected chi connectivity index (χ0v) is 10.5. The van der Waals surface area contributed by atoms with Crippen molar-refractivity contribution >= 4 is 5.78 Å². The Labute approximate surface area is 97.9 Å². The Hall–Kier alpha value is -1.11. The molecule has 16 heavy (non-hydrogen) atoms. The molecule has 0 spiro atoms. The molecule has 0 atom stereocenters. The molecule has 0 N–H and O–H groups in total. The summed E-state index contributed by atoms with van der Waals surface area (Å²) in [5.74, 6) is 0.411. The third-order valence-electron chi connectivity index (χ3n) is 3.42. The second kappa shape index (κ2) is 4.04. The molecule has 0 amide bonds. The molecule has 1 aliphatic carbocycles. The predicted octanol–water partition coefficient (Wildman–Crippen LogP) is 3.43. The molecule has 0 saturated heterocycles. The minimum Gasteiger partial charge on any atom is -0.300 e. The molecule has 1 aromatic carbocycles. The highest BCUT2D eigenvalue weighted by molar-refractivity contribution is 5.79. The molecule has 0 aliphatic heterocycles. The van der Waals surface area contributed by atoms with Gasteiger partial charge in [-0.15, -0.1) is 0 Å². The molecular formula is C15H20O. The summed E-state index contributed by atoms with van der Waals surface area (Å²) in [6.07, 6.45) is 3.30. The van der Waals surface area contributed by atoms with Crippen LogP contribution in [0.2, 0.25) is 0 Å². The van der Waals surface area contributed by atoms with Gasteiger partial charge in [0, 0.05) is 12.8 Å². The summed E-state index contributed by atoms with van der Waals surface area (Å²) in [7, 11) is 0. The summed E-state index contributed by atoms with van der Waals surface area (Å²) in [6.45, 7) is 6.70. The van der Waals surface area contributed by atoms with Gasteiger partial charge in [0.25, 0.3) is 0 Å². The zero-order chi connectivity index (χ0) is 11.8. The maximum Gasteiger partial charge on any atom is 0.133 e. The molecule has 0 heterocycles. The molecule has 0 radical (unpaired) electrons. The van der Waals surface area contributed by atoms with Crippen LogP contribution in [0, 0.1) is 0 Å². The molecule has 0 bridgehead atoms. The summed E-state index contributed by atoms with van der Waals surface area (Å²) in [5.41, 5.74) is 4.34. The molecule has 0 unspecified atom stereocenters. The Bertz CT molecular complexity index is 410. The lowest BCUT2D eigenvalue weighted by Crippen LogP contribution is -2.11. The van der Waals surface area contributed by atoms with Crippen LogP contribution in [0.4, 0.5) is 0 Å². The van der Waals surface area contributed by atoms with E-state index >= 15 is 0 Å². The minimum absolute atomic E-state index is 0.200. The van der Waals surface area contributed by atoms with Gasteiger partial charge in [0.15, 0.2) is 0 Å². The van der Waals surface area contributed by atoms with Crippen molar-refractivity contribution in [2.45, 2.75) is 51.9 Å². The van der Waals surface area contributed by atoms with E-state index in [4.69, 9.17) is 0 Å². The number of aryl methyl sites for hydroxylation is 2. The van der Waals surface area contributed by atoms with Crippen LogP contribution in [0.25, 0.3) is 0 Å². The minimum atomic E-state index is 0.200. The summed E-state index contributed by atoms with van der Waals surface area (Å²) in [4.78, 5) is 11.4. The van der Waals surface area contributed by atoms with E-state index in [0.29, 0.717) is 5.78 Å². The number of carbonyl (C=O) groups excluding carboxylic acids is 1. The Morgan fingerprint density at radius 1 is 0.938 bits per heavy atom. The summed E-state index contributed by atoms with van der Waals surface area (Å²) in [5, 5.41) is 0. The highest BCUT2D eigenvalue weighted by atomic mass is 16.1. The quantitative estimate of drug-likeness (QED) is 0.607. The molecule has 86 valence electrons. The average Bonchev–Trinajstić information content (AvgIpc) is 2.39. The number of fused-ring (bicyclic) bond motifs is 1. The maximum atomic E-state index is 11.4. The van der Waals surface area contributed by atoms with Crippen LogP contribution in [-0.4, -0.2) is 5.78 Å². The maximum absolute atomic E-state index is 11.4. The summed E-state index contributed by atoms with van der Waals surface area (Å²) < 4.78 is 0. The third-order valence-corrected chi connectivity index (χ3v) is 3.42. The molecule has 1 heteroatoms. The van der Waals surface area contributed by atoms with Crippen molar-refractivity contribution in [1.29, 1.82) is 0 Å². The fourth-order valence-electron chi connectivity index (χ4n) is 2.24. The standard InChI is InChI=1S/C15H20O/c1-15(2,3)13-7-4-11-5-8-14(16)9-6-12(11)10-13/h4,7,10H,5-6,8-9H2,1-3H3. The van der Waals surface area contributed by atoms with E-state index in [1.807, 2.05) is 0 Å². The Balaban J connectivity index is 2.36. The topological polar surface area (TPSA) is 17.1 Å². The smallest absolute Gasteiger partial charge is 0.133 e. The third kappa shape index (κ3) is 2.34. The Morgan fingerprint density at radius 2 is 1.56 bits per heavy atom. The molecule has 1 aromatic rings. The fourth-order valence-corrected chi connectivity index (χ4v) is 2.24. The lowest BCUT2D eigenvalue weighted by atomic mass is 9.84. The van der Waals surface area contributed by atoms with Gasteiger partial charge in [0.2, 0.25) is 0 Å². The number of hydrogen-bond donors (Lipinski definition) is 0. The average molecular weight is 216 g/mol. The van der Waals surface area contributed by atoms with E-state index in [1.54, 1.807) is 0 Å². The van der Waals surface area contributed by atoms with Crippen molar-refractivity contribution in [3.63, 3.8) is 0 Å². The first kappa shape index (κ1) is 11.4. The first-order chi connectivity index (χ1) is 7.47. The second-order valence-electron chi connectivity index (χ2n) is 5.77. The van der Waals surface area contributed by atoms with Gasteiger partial charge in [-0.05, 0) is 34.9 Å². The van der Waals surface area contributed by atoms with E-state index in [2.05, 4.69) is 39.0 Å². The predicted molar refractivity (Wildman–Crippen MR) is 66.8 cm³/mol. The number of rotatable bonds is 0. The van der Waals surface area contributed by atoms with Gasteiger partial charge >= 0.3 is 0 Å². The Kier molecular flexibility index (Phi) is 2.88. The largest absolute Gasteiger partial charge is 0.300 e. The number of benzene rings is 1. The van der Waals surface area contributed by atoms with Crippen molar-refractivity contribution in [2.24, 2.45) is 0 Å². The number of carbonyl (C=O) groups is 1. The first-order valence-corrected chi connectivity index (χ1v) is 6.11. The first-order valence-electron chi connectivity index (χ1n) is 6.11. The molecular weight excluding hydrogens is 196 g/mol. The molecule has 0 aromatic heterocycles. The van der Waals surface area contributed by atoms with Gasteiger partial charge in [-0.1, -0.05) is 39.0 Å². The summed E-state index contributed by atoms with van der Waals surface area (Å²) >= 11 is 0. The van der Waals surface area contributed by atoms with Gasteiger partial charge in [0.05, 0.1) is 0 Å². The fraction of sp³-hybridized carbons (Fsp3) is 0.533. The lowest BCUT2D eigenvalue weighted by molar-refractivity contribution is -0.118. The van der Waals surface area contributed by atoms with E-state index in [1.165, 1.54) is 16.7 Å². The van der Waals surface area contributed by atoms with Crippen LogP contribution in [0.1, 0.15) is 50.3 Å². The van der Waals surface area contributed by atoms with Crippen LogP contribution in [-0.2, 0) is 23.1 Å². The van der Waals surface area contributed by atoms with Crippen LogP contribution in [0.3, 0.4) is 0 Å². The SMILES string of the molecule is CC(C)(C)c1ccc2c(c1)CCC(=O)CC2. The number of hydrogen-bond acceptors (Lipinski definition) is 1. The number of Topliss-reactive ketones (excluding diaryl/α,β-unsaturated/α-hetero) is 1. The lowest BCUT2D eigenvalue weighted by Gasteiger charge is -2.20. The van der Waals surface area contributed by atoms with E-state index < -0.39 is 0 Å². The molecule has 0 fully saturated rings. The van der Waals surface area contributed by atoms with Crippen molar-refractivity contribution in [1.82, 2.24) is 0 Å². The van der Waals surface area contributed by atoms with Crippen LogP contribution in [0.15, 0.2) is 18.2 Å². The van der Waals surface area contributed by atoms with E-state index in [0.717, 1.165) is 25.7 Å². The number of ketones is 1. The van der Waals surface area contributed by atoms with E-state index in [-0.39, 0.29) is 5.41 Å². The van der Waals surface area contributed by atoms with Gasteiger partial charge in [0.1, 0.15) is 5.78 Å². The van der Waals surface area contributed by atoms with Gasteiger partial charge in [-0.3, -0.25) is 4.79 Å². The monoisotopic (exact) mass is 216 g/mol. The normalized spacial score (nSPS) is 16.8. The van der Waals surface area contributed by atoms with E-state index in [9.17, 15) is 4.79 Å². The van der Waals surface area contributed by atoms with Crippen LogP contribution >= 0.6 is 0 Å². The highest BCUT2D eigenvalue weighted by Crippen LogP contribution is 2.27.